The van der Waals surface area contributed by atoms with Crippen LogP contribution in [0.25, 0.3) is 0 Å². The van der Waals surface area contributed by atoms with Gasteiger partial charge in [0.25, 0.3) is 0 Å². The Balaban J connectivity index is 3.20. The van der Waals surface area contributed by atoms with E-state index >= 15 is 0 Å². The van der Waals surface area contributed by atoms with E-state index in [0.29, 0.717) is 6.10 Å². The molecular weight excluding hydrogens is 160 g/mol. The third kappa shape index (κ3) is 6.66. The van der Waals surface area contributed by atoms with Gasteiger partial charge in [0.1, 0.15) is 0 Å². The maximum Gasteiger partial charge on any atom is 0.0662 e. The molecule has 1 N–H and O–H groups in total. The van der Waals surface area contributed by atoms with Crippen molar-refractivity contribution in [3.05, 3.63) is 0 Å². The summed E-state index contributed by atoms with van der Waals surface area (Å²) in [6.07, 6.45) is 1.43. The Morgan fingerprint density at radius 2 is 2.18 bits per heavy atom. The molecule has 0 aromatic heterocycles. The van der Waals surface area contributed by atoms with Crippen LogP contribution in [0.3, 0.4) is 0 Å². The zero-order valence-electron chi connectivity index (χ0n) is 7.38. The van der Waals surface area contributed by atoms with Gasteiger partial charge in [-0.1, -0.05) is 6.92 Å². The van der Waals surface area contributed by atoms with Crippen LogP contribution < -0.4 is 0 Å². The largest absolute Gasteiger partial charge is 0.396 e. The SMILES string of the molecule is CCO[C@@H](CC)CSCCO. The molecule has 11 heavy (non-hydrogen) atoms. The molecule has 0 rings (SSSR count). The average molecular weight is 178 g/mol. The molecule has 0 saturated heterocycles. The van der Waals surface area contributed by atoms with Gasteiger partial charge in [0.2, 0.25) is 0 Å². The molecule has 0 aromatic carbocycles. The zero-order chi connectivity index (χ0) is 8.53. The van der Waals surface area contributed by atoms with Crippen LogP contribution in [0, 0.1) is 0 Å². The fourth-order valence-electron chi connectivity index (χ4n) is 0.799. The van der Waals surface area contributed by atoms with E-state index in [1.54, 1.807) is 11.8 Å². The monoisotopic (exact) mass is 178 g/mol. The standard InChI is InChI=1S/C8H18O2S/c1-3-8(10-4-2)7-11-6-5-9/h8-9H,3-7H2,1-2H3/t8-/m0/s1. The third-order valence-electron chi connectivity index (χ3n) is 1.40. The van der Waals surface area contributed by atoms with E-state index in [1.165, 1.54) is 0 Å². The highest BCUT2D eigenvalue weighted by Crippen LogP contribution is 2.07. The highest BCUT2D eigenvalue weighted by Gasteiger charge is 2.03. The molecule has 0 saturated carbocycles. The molecule has 0 aliphatic rings. The quantitative estimate of drug-likeness (QED) is 0.599. The minimum Gasteiger partial charge on any atom is -0.396 e. The number of aliphatic hydroxyl groups is 1. The first kappa shape index (κ1) is 11.3. The second-order valence-corrected chi connectivity index (χ2v) is 3.43. The van der Waals surface area contributed by atoms with E-state index in [4.69, 9.17) is 9.84 Å². The number of aliphatic hydroxyl groups excluding tert-OH is 1. The van der Waals surface area contributed by atoms with Crippen molar-refractivity contribution in [2.45, 2.75) is 26.4 Å². The van der Waals surface area contributed by atoms with Gasteiger partial charge in [-0.05, 0) is 13.3 Å². The van der Waals surface area contributed by atoms with Crippen molar-refractivity contribution in [1.29, 1.82) is 0 Å². The summed E-state index contributed by atoms with van der Waals surface area (Å²) in [6, 6.07) is 0. The minimum atomic E-state index is 0.271. The fraction of sp³-hybridized carbons (Fsp3) is 1.00. The first-order chi connectivity index (χ1) is 5.35. The molecule has 0 heterocycles. The Morgan fingerprint density at radius 1 is 1.45 bits per heavy atom. The van der Waals surface area contributed by atoms with E-state index < -0.39 is 0 Å². The second kappa shape index (κ2) is 8.37. The Hall–Kier alpha value is 0.270. The molecule has 3 heteroatoms. The lowest BCUT2D eigenvalue weighted by atomic mass is 10.3. The van der Waals surface area contributed by atoms with E-state index in [1.807, 2.05) is 6.92 Å². The molecule has 0 fully saturated rings. The minimum absolute atomic E-state index is 0.271. The summed E-state index contributed by atoms with van der Waals surface area (Å²) in [7, 11) is 0. The number of hydrogen-bond donors (Lipinski definition) is 1. The molecule has 68 valence electrons. The lowest BCUT2D eigenvalue weighted by Gasteiger charge is -2.13. The second-order valence-electron chi connectivity index (χ2n) is 2.28. The molecule has 0 aliphatic carbocycles. The molecule has 0 bridgehead atoms. The highest BCUT2D eigenvalue weighted by molar-refractivity contribution is 7.99. The maximum atomic E-state index is 8.52. The van der Waals surface area contributed by atoms with Crippen molar-refractivity contribution < 1.29 is 9.84 Å². The Bertz CT molecular complexity index is 78.5. The molecular formula is C8H18O2S. The number of rotatable bonds is 7. The first-order valence-electron chi connectivity index (χ1n) is 4.15. The predicted molar refractivity (Wildman–Crippen MR) is 50.1 cm³/mol. The molecule has 2 nitrogen and oxygen atoms in total. The van der Waals surface area contributed by atoms with Crippen molar-refractivity contribution in [1.82, 2.24) is 0 Å². The van der Waals surface area contributed by atoms with Crippen molar-refractivity contribution in [3.8, 4) is 0 Å². The van der Waals surface area contributed by atoms with Gasteiger partial charge in [-0.3, -0.25) is 0 Å². The van der Waals surface area contributed by atoms with Crippen molar-refractivity contribution in [2.24, 2.45) is 0 Å². The van der Waals surface area contributed by atoms with Crippen LogP contribution in [-0.2, 0) is 4.74 Å². The van der Waals surface area contributed by atoms with Gasteiger partial charge in [0.15, 0.2) is 0 Å². The van der Waals surface area contributed by atoms with Crippen LogP contribution in [0.1, 0.15) is 20.3 Å². The molecule has 0 unspecified atom stereocenters. The molecule has 0 spiro atoms. The predicted octanol–water partition coefficient (Wildman–Crippen LogP) is 1.53. The summed E-state index contributed by atoms with van der Waals surface area (Å²) in [5.74, 6) is 1.83. The number of thioether (sulfide) groups is 1. The summed E-state index contributed by atoms with van der Waals surface area (Å²) in [6.45, 7) is 5.20. The Kier molecular flexibility index (Phi) is 8.57. The van der Waals surface area contributed by atoms with Gasteiger partial charge in [-0.2, -0.15) is 11.8 Å². The van der Waals surface area contributed by atoms with Gasteiger partial charge in [0, 0.05) is 18.1 Å². The van der Waals surface area contributed by atoms with Crippen LogP contribution in [0.2, 0.25) is 0 Å². The van der Waals surface area contributed by atoms with Crippen LogP contribution in [0.4, 0.5) is 0 Å². The van der Waals surface area contributed by atoms with E-state index in [9.17, 15) is 0 Å². The molecule has 0 aliphatic heterocycles. The number of ether oxygens (including phenoxy) is 1. The lowest BCUT2D eigenvalue weighted by Crippen LogP contribution is -2.15. The van der Waals surface area contributed by atoms with Gasteiger partial charge >= 0.3 is 0 Å². The third-order valence-corrected chi connectivity index (χ3v) is 2.48. The maximum absolute atomic E-state index is 8.52. The molecule has 1 atom stereocenters. The highest BCUT2D eigenvalue weighted by atomic mass is 32.2. The lowest BCUT2D eigenvalue weighted by molar-refractivity contribution is 0.0772. The zero-order valence-corrected chi connectivity index (χ0v) is 8.19. The van der Waals surface area contributed by atoms with E-state index in [-0.39, 0.29) is 6.61 Å². The van der Waals surface area contributed by atoms with Crippen molar-refractivity contribution >= 4 is 11.8 Å². The summed E-state index contributed by atoms with van der Waals surface area (Å²) >= 11 is 1.75. The van der Waals surface area contributed by atoms with E-state index in [2.05, 4.69) is 6.92 Å². The van der Waals surface area contributed by atoms with Gasteiger partial charge in [0.05, 0.1) is 12.7 Å². The normalized spacial score (nSPS) is 13.4. The van der Waals surface area contributed by atoms with Crippen LogP contribution in [0.5, 0.6) is 0 Å². The fourth-order valence-corrected chi connectivity index (χ4v) is 1.69. The molecule has 0 radical (unpaired) electrons. The Morgan fingerprint density at radius 3 is 2.64 bits per heavy atom. The van der Waals surface area contributed by atoms with Crippen LogP contribution in [-0.4, -0.2) is 35.9 Å². The molecule has 0 aromatic rings. The smallest absolute Gasteiger partial charge is 0.0662 e. The Labute approximate surface area is 73.3 Å². The van der Waals surface area contributed by atoms with Crippen molar-refractivity contribution in [3.63, 3.8) is 0 Å². The van der Waals surface area contributed by atoms with Crippen LogP contribution in [0.15, 0.2) is 0 Å². The summed E-state index contributed by atoms with van der Waals surface area (Å²) in [5, 5.41) is 8.52. The van der Waals surface area contributed by atoms with Gasteiger partial charge < -0.3 is 9.84 Å². The average Bonchev–Trinajstić information content (AvgIpc) is 2.03. The first-order valence-corrected chi connectivity index (χ1v) is 5.30. The van der Waals surface area contributed by atoms with Gasteiger partial charge in [-0.25, -0.2) is 0 Å². The summed E-state index contributed by atoms with van der Waals surface area (Å²) in [5.41, 5.74) is 0. The number of hydrogen-bond acceptors (Lipinski definition) is 3. The van der Waals surface area contributed by atoms with Crippen molar-refractivity contribution in [2.75, 3.05) is 24.7 Å². The summed E-state index contributed by atoms with van der Waals surface area (Å²) in [4.78, 5) is 0. The summed E-state index contributed by atoms with van der Waals surface area (Å²) < 4.78 is 5.44. The molecule has 0 amide bonds. The topological polar surface area (TPSA) is 29.5 Å². The van der Waals surface area contributed by atoms with E-state index in [0.717, 1.165) is 24.5 Å². The van der Waals surface area contributed by atoms with Gasteiger partial charge in [-0.15, -0.1) is 0 Å². The van der Waals surface area contributed by atoms with Crippen LogP contribution >= 0.6 is 11.8 Å².